The Labute approximate surface area is 121 Å². The summed E-state index contributed by atoms with van der Waals surface area (Å²) in [6.45, 7) is 4.48. The summed E-state index contributed by atoms with van der Waals surface area (Å²) in [5.41, 5.74) is 7.20. The minimum absolute atomic E-state index is 0.0903. The van der Waals surface area contributed by atoms with E-state index in [-0.39, 0.29) is 5.54 Å². The Morgan fingerprint density at radius 1 is 1.45 bits per heavy atom. The van der Waals surface area contributed by atoms with Gasteiger partial charge in [-0.05, 0) is 38.4 Å². The van der Waals surface area contributed by atoms with Crippen LogP contribution in [0, 0.1) is 0 Å². The van der Waals surface area contributed by atoms with E-state index < -0.39 is 0 Å². The van der Waals surface area contributed by atoms with Crippen LogP contribution in [-0.4, -0.2) is 50.4 Å². The van der Waals surface area contributed by atoms with E-state index in [4.69, 9.17) is 15.2 Å². The van der Waals surface area contributed by atoms with Crippen molar-refractivity contribution in [1.82, 2.24) is 4.90 Å². The molecule has 20 heavy (non-hydrogen) atoms. The van der Waals surface area contributed by atoms with Crippen LogP contribution in [0.5, 0.6) is 5.75 Å². The number of hydrogen-bond acceptors (Lipinski definition) is 4. The molecule has 0 amide bonds. The molecule has 4 nitrogen and oxygen atoms in total. The maximum Gasteiger partial charge on any atom is 0.122 e. The quantitative estimate of drug-likeness (QED) is 0.860. The Morgan fingerprint density at radius 3 is 2.80 bits per heavy atom. The number of ether oxygens (including phenoxy) is 2. The first-order valence-electron chi connectivity index (χ1n) is 7.23. The highest BCUT2D eigenvalue weighted by molar-refractivity contribution is 5.34. The van der Waals surface area contributed by atoms with Crippen LogP contribution < -0.4 is 10.5 Å². The lowest BCUT2D eigenvalue weighted by atomic mass is 9.89. The molecule has 2 N–H and O–H groups in total. The highest BCUT2D eigenvalue weighted by Gasteiger charge is 2.35. The first kappa shape index (κ1) is 15.3. The molecule has 4 heteroatoms. The van der Waals surface area contributed by atoms with E-state index in [2.05, 4.69) is 24.9 Å². The second-order valence-corrected chi connectivity index (χ2v) is 5.82. The Hall–Kier alpha value is -1.10. The molecule has 1 aliphatic heterocycles. The first-order valence-corrected chi connectivity index (χ1v) is 7.23. The van der Waals surface area contributed by atoms with Crippen molar-refractivity contribution in [2.75, 3.05) is 33.9 Å². The van der Waals surface area contributed by atoms with E-state index in [1.165, 1.54) is 5.56 Å². The average Bonchev–Trinajstić information content (AvgIpc) is 3.01. The van der Waals surface area contributed by atoms with Gasteiger partial charge in [0, 0.05) is 24.7 Å². The monoisotopic (exact) mass is 278 g/mol. The molecule has 1 fully saturated rings. The maximum absolute atomic E-state index is 6.09. The van der Waals surface area contributed by atoms with Gasteiger partial charge < -0.3 is 15.2 Å². The lowest BCUT2D eigenvalue weighted by Gasteiger charge is -2.41. The molecule has 2 atom stereocenters. The van der Waals surface area contributed by atoms with Crippen LogP contribution in [0.25, 0.3) is 0 Å². The summed E-state index contributed by atoms with van der Waals surface area (Å²) in [6, 6.07) is 8.62. The number of benzene rings is 1. The van der Waals surface area contributed by atoms with Crippen LogP contribution in [0.4, 0.5) is 0 Å². The number of hydrogen-bond donors (Lipinski definition) is 1. The third kappa shape index (κ3) is 3.14. The van der Waals surface area contributed by atoms with Crippen molar-refractivity contribution < 1.29 is 9.47 Å². The highest BCUT2D eigenvalue weighted by Crippen LogP contribution is 2.28. The predicted octanol–water partition coefficient (Wildman–Crippen LogP) is 1.68. The molecule has 0 spiro atoms. The van der Waals surface area contributed by atoms with Crippen LogP contribution in [0.2, 0.25) is 0 Å². The van der Waals surface area contributed by atoms with E-state index in [1.54, 1.807) is 7.11 Å². The molecule has 1 aromatic rings. The molecule has 2 unspecified atom stereocenters. The third-order valence-electron chi connectivity index (χ3n) is 4.51. The number of nitrogens with zero attached hydrogens (tertiary/aromatic N) is 1. The smallest absolute Gasteiger partial charge is 0.122 e. The number of methoxy groups -OCH3 is 1. The van der Waals surface area contributed by atoms with Crippen LogP contribution in [0.15, 0.2) is 24.3 Å². The minimum atomic E-state index is -0.0903. The summed E-state index contributed by atoms with van der Waals surface area (Å²) in [5.74, 6) is 0.934. The van der Waals surface area contributed by atoms with Gasteiger partial charge in [-0.1, -0.05) is 18.2 Å². The average molecular weight is 278 g/mol. The van der Waals surface area contributed by atoms with Gasteiger partial charge in [0.1, 0.15) is 5.75 Å². The lowest BCUT2D eigenvalue weighted by molar-refractivity contribution is 0.0779. The molecular formula is C16H26N2O2. The second kappa shape index (κ2) is 6.57. The standard InChI is InChI=1S/C16H26N2O2/c1-16(12-17,18(2)14-8-9-20-11-14)10-13-6-4-5-7-15(13)19-3/h4-7,14H,8-12,17H2,1-3H3. The van der Waals surface area contributed by atoms with E-state index in [9.17, 15) is 0 Å². The van der Waals surface area contributed by atoms with Gasteiger partial charge >= 0.3 is 0 Å². The minimum Gasteiger partial charge on any atom is -0.496 e. The van der Waals surface area contributed by atoms with Gasteiger partial charge in [-0.15, -0.1) is 0 Å². The Bertz CT molecular complexity index is 432. The summed E-state index contributed by atoms with van der Waals surface area (Å²) in [5, 5.41) is 0. The summed E-state index contributed by atoms with van der Waals surface area (Å²) >= 11 is 0. The predicted molar refractivity (Wildman–Crippen MR) is 81.1 cm³/mol. The molecule has 0 bridgehead atoms. The normalized spacial score (nSPS) is 21.9. The van der Waals surface area contributed by atoms with Crippen molar-refractivity contribution in [2.24, 2.45) is 5.73 Å². The second-order valence-electron chi connectivity index (χ2n) is 5.82. The SMILES string of the molecule is COc1ccccc1CC(C)(CN)N(C)C1CCOC1. The third-order valence-corrected chi connectivity index (χ3v) is 4.51. The molecule has 0 saturated carbocycles. The largest absolute Gasteiger partial charge is 0.496 e. The van der Waals surface area contributed by atoms with Gasteiger partial charge in [0.2, 0.25) is 0 Å². The van der Waals surface area contributed by atoms with E-state index in [1.807, 2.05) is 18.2 Å². The van der Waals surface area contributed by atoms with Gasteiger partial charge in [0.05, 0.1) is 13.7 Å². The van der Waals surface area contributed by atoms with Crippen LogP contribution in [0.1, 0.15) is 18.9 Å². The lowest BCUT2D eigenvalue weighted by Crippen LogP contribution is -2.55. The molecule has 1 aliphatic rings. The van der Waals surface area contributed by atoms with Crippen molar-refractivity contribution in [2.45, 2.75) is 31.3 Å². The molecule has 2 rings (SSSR count). The summed E-state index contributed by atoms with van der Waals surface area (Å²) in [7, 11) is 3.87. The van der Waals surface area contributed by atoms with Gasteiger partial charge in [0.25, 0.3) is 0 Å². The number of likely N-dealkylation sites (N-methyl/N-ethyl adjacent to an activating group) is 1. The zero-order chi connectivity index (χ0) is 14.6. The van der Waals surface area contributed by atoms with E-state index in [0.29, 0.717) is 12.6 Å². The first-order chi connectivity index (χ1) is 9.60. The topological polar surface area (TPSA) is 47.7 Å². The van der Waals surface area contributed by atoms with Crippen LogP contribution in [0.3, 0.4) is 0 Å². The number of rotatable bonds is 6. The van der Waals surface area contributed by atoms with Gasteiger partial charge in [-0.25, -0.2) is 0 Å². The molecular weight excluding hydrogens is 252 g/mol. The molecule has 1 saturated heterocycles. The molecule has 1 aromatic carbocycles. The highest BCUT2D eigenvalue weighted by atomic mass is 16.5. The van der Waals surface area contributed by atoms with Crippen LogP contribution >= 0.6 is 0 Å². The van der Waals surface area contributed by atoms with Crippen molar-refractivity contribution in [1.29, 1.82) is 0 Å². The van der Waals surface area contributed by atoms with Gasteiger partial charge in [-0.3, -0.25) is 4.90 Å². The zero-order valence-corrected chi connectivity index (χ0v) is 12.8. The van der Waals surface area contributed by atoms with Gasteiger partial charge in [-0.2, -0.15) is 0 Å². The van der Waals surface area contributed by atoms with Crippen molar-refractivity contribution in [3.8, 4) is 5.75 Å². The molecule has 112 valence electrons. The fourth-order valence-corrected chi connectivity index (χ4v) is 2.87. The molecule has 0 radical (unpaired) electrons. The van der Waals surface area contributed by atoms with Crippen molar-refractivity contribution >= 4 is 0 Å². The van der Waals surface area contributed by atoms with Crippen molar-refractivity contribution in [3.63, 3.8) is 0 Å². The van der Waals surface area contributed by atoms with E-state index >= 15 is 0 Å². The zero-order valence-electron chi connectivity index (χ0n) is 12.8. The Balaban J connectivity index is 2.17. The Kier molecular flexibility index (Phi) is 5.02. The Morgan fingerprint density at radius 2 is 2.20 bits per heavy atom. The number of para-hydroxylation sites is 1. The summed E-state index contributed by atoms with van der Waals surface area (Å²) in [4.78, 5) is 2.38. The molecule has 0 aliphatic carbocycles. The fraction of sp³-hybridized carbons (Fsp3) is 0.625. The molecule has 1 heterocycles. The van der Waals surface area contributed by atoms with Gasteiger partial charge in [0.15, 0.2) is 0 Å². The van der Waals surface area contributed by atoms with Crippen molar-refractivity contribution in [3.05, 3.63) is 29.8 Å². The molecule has 0 aromatic heterocycles. The summed E-state index contributed by atoms with van der Waals surface area (Å²) in [6.07, 6.45) is 1.96. The fourth-order valence-electron chi connectivity index (χ4n) is 2.87. The van der Waals surface area contributed by atoms with E-state index in [0.717, 1.165) is 31.8 Å². The maximum atomic E-state index is 6.09. The number of nitrogens with two attached hydrogens (primary N) is 1. The van der Waals surface area contributed by atoms with Crippen LogP contribution in [-0.2, 0) is 11.2 Å². The summed E-state index contributed by atoms with van der Waals surface area (Å²) < 4.78 is 11.0.